The first-order valence-electron chi connectivity index (χ1n) is 9.14. The number of carbonyl (C=O) groups excluding carboxylic acids is 2. The molecule has 0 bridgehead atoms. The monoisotopic (exact) mass is 396 g/mol. The number of ether oxygens (including phenoxy) is 1. The number of aryl methyl sites for hydroxylation is 1. The SMILES string of the molecule is CCc1ccc(N(C(C)C(=O)N2CCC(C(=O)OC)CC2)S(C)(=O)=O)cc1. The predicted molar refractivity (Wildman–Crippen MR) is 104 cm³/mol. The zero-order chi connectivity index (χ0) is 20.2. The van der Waals surface area contributed by atoms with Gasteiger partial charge in [-0.3, -0.25) is 13.9 Å². The molecular weight excluding hydrogens is 368 g/mol. The summed E-state index contributed by atoms with van der Waals surface area (Å²) < 4.78 is 30.7. The van der Waals surface area contributed by atoms with Gasteiger partial charge < -0.3 is 9.64 Å². The molecule has 7 nitrogen and oxygen atoms in total. The molecule has 0 N–H and O–H groups in total. The highest BCUT2D eigenvalue weighted by Crippen LogP contribution is 2.25. The van der Waals surface area contributed by atoms with Crippen molar-refractivity contribution < 1.29 is 22.7 Å². The quantitative estimate of drug-likeness (QED) is 0.685. The molecule has 1 aromatic rings. The number of esters is 1. The molecule has 2 rings (SSSR count). The van der Waals surface area contributed by atoms with Gasteiger partial charge in [0.15, 0.2) is 0 Å². The Morgan fingerprint density at radius 3 is 2.22 bits per heavy atom. The van der Waals surface area contributed by atoms with Crippen molar-refractivity contribution in [2.24, 2.45) is 5.92 Å². The number of likely N-dealkylation sites (tertiary alicyclic amines) is 1. The van der Waals surface area contributed by atoms with E-state index in [1.165, 1.54) is 11.4 Å². The Balaban J connectivity index is 2.17. The first-order valence-corrected chi connectivity index (χ1v) is 11.0. The first-order chi connectivity index (χ1) is 12.7. The van der Waals surface area contributed by atoms with Gasteiger partial charge in [0.25, 0.3) is 0 Å². The number of amides is 1. The van der Waals surface area contributed by atoms with Crippen LogP contribution < -0.4 is 4.31 Å². The van der Waals surface area contributed by atoms with E-state index in [-0.39, 0.29) is 17.8 Å². The van der Waals surface area contributed by atoms with E-state index in [1.807, 2.05) is 19.1 Å². The summed E-state index contributed by atoms with van der Waals surface area (Å²) in [6.45, 7) is 4.45. The maximum absolute atomic E-state index is 12.9. The van der Waals surface area contributed by atoms with Crippen molar-refractivity contribution >= 4 is 27.6 Å². The average molecular weight is 397 g/mol. The Morgan fingerprint density at radius 2 is 1.78 bits per heavy atom. The third-order valence-electron chi connectivity index (χ3n) is 5.01. The lowest BCUT2D eigenvalue weighted by Gasteiger charge is -2.36. The summed E-state index contributed by atoms with van der Waals surface area (Å²) in [7, 11) is -2.28. The van der Waals surface area contributed by atoms with Crippen LogP contribution in [-0.2, 0) is 30.8 Å². The number of hydrogen-bond donors (Lipinski definition) is 0. The van der Waals surface area contributed by atoms with Crippen LogP contribution in [0, 0.1) is 5.92 Å². The van der Waals surface area contributed by atoms with Gasteiger partial charge in [0.1, 0.15) is 6.04 Å². The highest BCUT2D eigenvalue weighted by atomic mass is 32.2. The van der Waals surface area contributed by atoms with E-state index in [4.69, 9.17) is 4.74 Å². The zero-order valence-electron chi connectivity index (χ0n) is 16.3. The van der Waals surface area contributed by atoms with E-state index >= 15 is 0 Å². The first kappa shape index (κ1) is 21.2. The van der Waals surface area contributed by atoms with Gasteiger partial charge in [0.2, 0.25) is 15.9 Å². The number of rotatable bonds is 6. The smallest absolute Gasteiger partial charge is 0.308 e. The molecule has 0 spiro atoms. The van der Waals surface area contributed by atoms with Crippen LogP contribution in [0.2, 0.25) is 0 Å². The number of anilines is 1. The van der Waals surface area contributed by atoms with Crippen molar-refractivity contribution in [1.29, 1.82) is 0 Å². The molecule has 1 aliphatic rings. The molecule has 8 heteroatoms. The number of benzene rings is 1. The lowest BCUT2D eigenvalue weighted by molar-refractivity contribution is -0.149. The highest BCUT2D eigenvalue weighted by molar-refractivity contribution is 7.92. The Kier molecular flexibility index (Phi) is 6.86. The van der Waals surface area contributed by atoms with Crippen molar-refractivity contribution in [3.05, 3.63) is 29.8 Å². The van der Waals surface area contributed by atoms with Gasteiger partial charge in [-0.05, 0) is 43.9 Å². The number of piperidine rings is 1. The second-order valence-electron chi connectivity index (χ2n) is 6.88. The van der Waals surface area contributed by atoms with Gasteiger partial charge in [-0.15, -0.1) is 0 Å². The standard InChI is InChI=1S/C19H28N2O5S/c1-5-15-6-8-17(9-7-15)21(27(4,24)25)14(2)18(22)20-12-10-16(11-13-20)19(23)26-3/h6-9,14,16H,5,10-13H2,1-4H3. The topological polar surface area (TPSA) is 84.0 Å². The van der Waals surface area contributed by atoms with E-state index in [0.29, 0.717) is 31.6 Å². The fourth-order valence-electron chi connectivity index (χ4n) is 3.45. The number of carbonyl (C=O) groups is 2. The molecular formula is C19H28N2O5S. The van der Waals surface area contributed by atoms with Crippen LogP contribution in [0.25, 0.3) is 0 Å². The van der Waals surface area contributed by atoms with Crippen LogP contribution in [-0.4, -0.2) is 57.7 Å². The fourth-order valence-corrected chi connectivity index (χ4v) is 4.62. The number of methoxy groups -OCH3 is 1. The number of hydrogen-bond acceptors (Lipinski definition) is 5. The van der Waals surface area contributed by atoms with Crippen LogP contribution in [0.5, 0.6) is 0 Å². The summed E-state index contributed by atoms with van der Waals surface area (Å²) in [6.07, 6.45) is 3.00. The third kappa shape index (κ3) is 5.00. The Morgan fingerprint density at radius 1 is 1.22 bits per heavy atom. The Bertz CT molecular complexity index is 768. The average Bonchev–Trinajstić information content (AvgIpc) is 2.66. The maximum Gasteiger partial charge on any atom is 0.308 e. The molecule has 1 aromatic carbocycles. The largest absolute Gasteiger partial charge is 0.469 e. The van der Waals surface area contributed by atoms with Gasteiger partial charge >= 0.3 is 5.97 Å². The highest BCUT2D eigenvalue weighted by Gasteiger charge is 2.35. The van der Waals surface area contributed by atoms with Crippen LogP contribution in [0.1, 0.15) is 32.3 Å². The third-order valence-corrected chi connectivity index (χ3v) is 6.25. The van der Waals surface area contributed by atoms with E-state index in [1.54, 1.807) is 24.0 Å². The van der Waals surface area contributed by atoms with Crippen molar-refractivity contribution in [3.63, 3.8) is 0 Å². The summed E-state index contributed by atoms with van der Waals surface area (Å²) in [4.78, 5) is 26.2. The molecule has 0 aromatic heterocycles. The maximum atomic E-state index is 12.9. The molecule has 1 unspecified atom stereocenters. The summed E-state index contributed by atoms with van der Waals surface area (Å²) >= 11 is 0. The molecule has 1 saturated heterocycles. The van der Waals surface area contributed by atoms with Crippen molar-refractivity contribution in [3.8, 4) is 0 Å². The lowest BCUT2D eigenvalue weighted by atomic mass is 9.96. The minimum absolute atomic E-state index is 0.207. The molecule has 1 amide bonds. The second-order valence-corrected chi connectivity index (χ2v) is 8.74. The lowest BCUT2D eigenvalue weighted by Crippen LogP contribution is -2.51. The van der Waals surface area contributed by atoms with Gasteiger partial charge in [-0.25, -0.2) is 8.42 Å². The van der Waals surface area contributed by atoms with Crippen LogP contribution in [0.15, 0.2) is 24.3 Å². The van der Waals surface area contributed by atoms with Crippen LogP contribution in [0.4, 0.5) is 5.69 Å². The minimum atomic E-state index is -3.64. The van der Waals surface area contributed by atoms with Crippen LogP contribution in [0.3, 0.4) is 0 Å². The van der Waals surface area contributed by atoms with E-state index < -0.39 is 16.1 Å². The van der Waals surface area contributed by atoms with Gasteiger partial charge in [0.05, 0.1) is 25.0 Å². The van der Waals surface area contributed by atoms with Crippen molar-refractivity contribution in [1.82, 2.24) is 4.90 Å². The predicted octanol–water partition coefficient (Wildman–Crippen LogP) is 1.82. The van der Waals surface area contributed by atoms with Crippen molar-refractivity contribution in [2.45, 2.75) is 39.2 Å². The summed E-state index contributed by atoms with van der Waals surface area (Å²) in [5.74, 6) is -0.728. The molecule has 27 heavy (non-hydrogen) atoms. The van der Waals surface area contributed by atoms with E-state index in [2.05, 4.69) is 0 Å². The number of sulfonamides is 1. The van der Waals surface area contributed by atoms with Gasteiger partial charge in [-0.1, -0.05) is 19.1 Å². The molecule has 0 radical (unpaired) electrons. The van der Waals surface area contributed by atoms with E-state index in [9.17, 15) is 18.0 Å². The van der Waals surface area contributed by atoms with Crippen molar-refractivity contribution in [2.75, 3.05) is 30.8 Å². The molecule has 1 aliphatic heterocycles. The zero-order valence-corrected chi connectivity index (χ0v) is 17.2. The summed E-state index contributed by atoms with van der Waals surface area (Å²) in [5, 5.41) is 0. The van der Waals surface area contributed by atoms with Gasteiger partial charge in [0, 0.05) is 13.1 Å². The van der Waals surface area contributed by atoms with Gasteiger partial charge in [-0.2, -0.15) is 0 Å². The fraction of sp³-hybridized carbons (Fsp3) is 0.579. The summed E-state index contributed by atoms with van der Waals surface area (Å²) in [5.41, 5.74) is 1.57. The molecule has 0 saturated carbocycles. The Hall–Kier alpha value is -2.09. The second kappa shape index (κ2) is 8.73. The Labute approximate surface area is 161 Å². The minimum Gasteiger partial charge on any atom is -0.469 e. The normalized spacial score (nSPS) is 16.7. The molecule has 1 atom stereocenters. The van der Waals surface area contributed by atoms with E-state index in [0.717, 1.165) is 18.2 Å². The molecule has 150 valence electrons. The molecule has 1 heterocycles. The summed E-state index contributed by atoms with van der Waals surface area (Å²) in [6, 6.07) is 6.33. The number of nitrogens with zero attached hydrogens (tertiary/aromatic N) is 2. The van der Waals surface area contributed by atoms with Crippen LogP contribution >= 0.6 is 0 Å². The molecule has 0 aliphatic carbocycles. The molecule has 1 fully saturated rings.